The van der Waals surface area contributed by atoms with E-state index in [1.165, 1.54) is 25.2 Å². The first-order chi connectivity index (χ1) is 7.79. The van der Waals surface area contributed by atoms with Crippen molar-refractivity contribution in [1.29, 1.82) is 0 Å². The third kappa shape index (κ3) is 2.83. The second-order valence-corrected chi connectivity index (χ2v) is 4.99. The Morgan fingerprint density at radius 3 is 2.62 bits per heavy atom. The van der Waals surface area contributed by atoms with Crippen LogP contribution in [0.4, 0.5) is 0 Å². The number of nitrogens with zero attached hydrogens (tertiary/aromatic N) is 1. The quantitative estimate of drug-likeness (QED) is 0.812. The summed E-state index contributed by atoms with van der Waals surface area (Å²) in [5.41, 5.74) is 1.50. The summed E-state index contributed by atoms with van der Waals surface area (Å²) in [7, 11) is 2.03. The summed E-state index contributed by atoms with van der Waals surface area (Å²) in [6.45, 7) is 7.12. The highest BCUT2D eigenvalue weighted by molar-refractivity contribution is 5.22. The normalized spacial score (nSPS) is 19.4. The van der Waals surface area contributed by atoms with Crippen molar-refractivity contribution in [3.05, 3.63) is 35.9 Å². The number of hydrogen-bond acceptors (Lipinski definition) is 2. The van der Waals surface area contributed by atoms with Crippen molar-refractivity contribution in [2.75, 3.05) is 33.2 Å². The fourth-order valence-electron chi connectivity index (χ4n) is 2.51. The van der Waals surface area contributed by atoms with Crippen LogP contribution in [-0.2, 0) is 0 Å². The van der Waals surface area contributed by atoms with Gasteiger partial charge in [-0.1, -0.05) is 37.3 Å². The predicted octanol–water partition coefficient (Wildman–Crippen LogP) is 1.94. The zero-order chi connectivity index (χ0) is 11.4. The van der Waals surface area contributed by atoms with Gasteiger partial charge in [0.05, 0.1) is 0 Å². The topological polar surface area (TPSA) is 15.3 Å². The summed E-state index contributed by atoms with van der Waals surface area (Å²) in [5, 5.41) is 3.24. The molecule has 1 fully saturated rings. The van der Waals surface area contributed by atoms with Crippen LogP contribution < -0.4 is 5.32 Å². The molecule has 1 N–H and O–H groups in total. The van der Waals surface area contributed by atoms with Crippen molar-refractivity contribution >= 4 is 0 Å². The summed E-state index contributed by atoms with van der Waals surface area (Å²) >= 11 is 0. The Bertz CT molecular complexity index is 304. The molecule has 1 aliphatic heterocycles. The molecule has 2 heteroatoms. The molecule has 1 aromatic carbocycles. The van der Waals surface area contributed by atoms with Gasteiger partial charge in [-0.15, -0.1) is 0 Å². The van der Waals surface area contributed by atoms with Crippen molar-refractivity contribution < 1.29 is 0 Å². The fourth-order valence-corrected chi connectivity index (χ4v) is 2.51. The number of nitrogens with one attached hydrogen (secondary N) is 1. The van der Waals surface area contributed by atoms with Crippen LogP contribution in [0.3, 0.4) is 0 Å². The average molecular weight is 218 g/mol. The molecule has 88 valence electrons. The first kappa shape index (κ1) is 11.6. The molecule has 0 radical (unpaired) electrons. The Balaban J connectivity index is 1.74. The summed E-state index contributed by atoms with van der Waals surface area (Å²) in [6, 6.07) is 10.9. The standard InChI is InChI=1S/C14H22N2/c1-12(8-15-2)9-16-10-14(11-16)13-6-4-3-5-7-13/h3-7,12,14-15H,8-11H2,1-2H3. The van der Waals surface area contributed by atoms with Crippen molar-refractivity contribution in [2.24, 2.45) is 5.92 Å². The van der Waals surface area contributed by atoms with E-state index in [9.17, 15) is 0 Å². The van der Waals surface area contributed by atoms with Crippen molar-refractivity contribution in [3.8, 4) is 0 Å². The maximum atomic E-state index is 3.24. The Kier molecular flexibility index (Phi) is 3.97. The first-order valence-electron chi connectivity index (χ1n) is 6.21. The van der Waals surface area contributed by atoms with Gasteiger partial charge in [0.2, 0.25) is 0 Å². The zero-order valence-electron chi connectivity index (χ0n) is 10.3. The summed E-state index contributed by atoms with van der Waals surface area (Å²) in [5.74, 6) is 1.52. The SMILES string of the molecule is CNCC(C)CN1CC(c2ccccc2)C1. The summed E-state index contributed by atoms with van der Waals surface area (Å²) in [6.07, 6.45) is 0. The molecule has 0 spiro atoms. The number of hydrogen-bond donors (Lipinski definition) is 1. The van der Waals surface area contributed by atoms with E-state index in [-0.39, 0.29) is 0 Å². The van der Waals surface area contributed by atoms with E-state index in [1.54, 1.807) is 0 Å². The molecule has 1 aromatic rings. The lowest BCUT2D eigenvalue weighted by Crippen LogP contribution is -2.47. The van der Waals surface area contributed by atoms with Crippen molar-refractivity contribution in [3.63, 3.8) is 0 Å². The smallest absolute Gasteiger partial charge is 0.00936 e. The first-order valence-corrected chi connectivity index (χ1v) is 6.21. The van der Waals surface area contributed by atoms with E-state index >= 15 is 0 Å². The molecular formula is C14H22N2. The average Bonchev–Trinajstić information content (AvgIpc) is 2.24. The Morgan fingerprint density at radius 2 is 2.00 bits per heavy atom. The van der Waals surface area contributed by atoms with Crippen LogP contribution in [-0.4, -0.2) is 38.1 Å². The van der Waals surface area contributed by atoms with Gasteiger partial charge in [0, 0.05) is 25.6 Å². The van der Waals surface area contributed by atoms with Crippen LogP contribution >= 0.6 is 0 Å². The minimum Gasteiger partial charge on any atom is -0.319 e. The van der Waals surface area contributed by atoms with E-state index < -0.39 is 0 Å². The minimum absolute atomic E-state index is 0.752. The predicted molar refractivity (Wildman–Crippen MR) is 68.7 cm³/mol. The van der Waals surface area contributed by atoms with Crippen LogP contribution in [0, 0.1) is 5.92 Å². The molecule has 0 aliphatic carbocycles. The van der Waals surface area contributed by atoms with Gasteiger partial charge in [0.25, 0.3) is 0 Å². The van der Waals surface area contributed by atoms with Gasteiger partial charge in [0.1, 0.15) is 0 Å². The molecule has 0 bridgehead atoms. The monoisotopic (exact) mass is 218 g/mol. The third-order valence-corrected chi connectivity index (χ3v) is 3.35. The second-order valence-electron chi connectivity index (χ2n) is 4.99. The lowest BCUT2D eigenvalue weighted by molar-refractivity contribution is 0.127. The van der Waals surface area contributed by atoms with Gasteiger partial charge in [-0.2, -0.15) is 0 Å². The van der Waals surface area contributed by atoms with E-state index in [0.29, 0.717) is 0 Å². The molecule has 0 saturated carbocycles. The molecular weight excluding hydrogens is 196 g/mol. The highest BCUT2D eigenvalue weighted by atomic mass is 15.2. The van der Waals surface area contributed by atoms with Gasteiger partial charge >= 0.3 is 0 Å². The van der Waals surface area contributed by atoms with Crippen LogP contribution in [0.5, 0.6) is 0 Å². The van der Waals surface area contributed by atoms with Crippen LogP contribution in [0.1, 0.15) is 18.4 Å². The molecule has 2 rings (SSSR count). The molecule has 1 aliphatic rings. The molecule has 1 saturated heterocycles. The van der Waals surface area contributed by atoms with Crippen LogP contribution in [0.25, 0.3) is 0 Å². The van der Waals surface area contributed by atoms with Crippen LogP contribution in [0.15, 0.2) is 30.3 Å². The molecule has 16 heavy (non-hydrogen) atoms. The highest BCUT2D eigenvalue weighted by Crippen LogP contribution is 2.26. The van der Waals surface area contributed by atoms with Crippen molar-refractivity contribution in [1.82, 2.24) is 10.2 Å². The third-order valence-electron chi connectivity index (χ3n) is 3.35. The number of rotatable bonds is 5. The molecule has 1 unspecified atom stereocenters. The van der Waals surface area contributed by atoms with E-state index in [2.05, 4.69) is 47.5 Å². The van der Waals surface area contributed by atoms with Gasteiger partial charge in [0.15, 0.2) is 0 Å². The van der Waals surface area contributed by atoms with Gasteiger partial charge in [-0.3, -0.25) is 0 Å². The van der Waals surface area contributed by atoms with Gasteiger partial charge < -0.3 is 10.2 Å². The molecule has 1 atom stereocenters. The maximum Gasteiger partial charge on any atom is 0.00936 e. The summed E-state index contributed by atoms with van der Waals surface area (Å²) in [4.78, 5) is 2.56. The lowest BCUT2D eigenvalue weighted by Gasteiger charge is -2.41. The van der Waals surface area contributed by atoms with E-state index in [0.717, 1.165) is 18.4 Å². The molecule has 2 nitrogen and oxygen atoms in total. The number of likely N-dealkylation sites (tertiary alicyclic amines) is 1. The Labute approximate surface area is 98.7 Å². The van der Waals surface area contributed by atoms with Gasteiger partial charge in [-0.05, 0) is 25.1 Å². The number of benzene rings is 1. The molecule has 0 amide bonds. The van der Waals surface area contributed by atoms with Crippen LogP contribution in [0.2, 0.25) is 0 Å². The largest absolute Gasteiger partial charge is 0.319 e. The maximum absolute atomic E-state index is 3.24. The summed E-state index contributed by atoms with van der Waals surface area (Å²) < 4.78 is 0. The fraction of sp³-hybridized carbons (Fsp3) is 0.571. The lowest BCUT2D eigenvalue weighted by atomic mass is 9.91. The molecule has 1 heterocycles. The minimum atomic E-state index is 0.752. The van der Waals surface area contributed by atoms with E-state index in [4.69, 9.17) is 0 Å². The zero-order valence-corrected chi connectivity index (χ0v) is 10.3. The highest BCUT2D eigenvalue weighted by Gasteiger charge is 2.28. The Hall–Kier alpha value is -0.860. The Morgan fingerprint density at radius 1 is 1.31 bits per heavy atom. The second kappa shape index (κ2) is 5.46. The molecule has 0 aromatic heterocycles. The van der Waals surface area contributed by atoms with E-state index in [1.807, 2.05) is 7.05 Å². The van der Waals surface area contributed by atoms with Gasteiger partial charge in [-0.25, -0.2) is 0 Å². The van der Waals surface area contributed by atoms with Crippen molar-refractivity contribution in [2.45, 2.75) is 12.8 Å².